The number of anilines is 1. The minimum atomic E-state index is -0.147. The number of nitrogens with two attached hydrogens (primary N) is 1. The van der Waals surface area contributed by atoms with Crippen molar-refractivity contribution >= 4 is 11.6 Å². The van der Waals surface area contributed by atoms with Gasteiger partial charge in [0.2, 0.25) is 0 Å². The van der Waals surface area contributed by atoms with Gasteiger partial charge >= 0.3 is 0 Å². The molecule has 3 N–H and O–H groups in total. The minimum Gasteiger partial charge on any atom is -0.381 e. The third-order valence-electron chi connectivity index (χ3n) is 4.05. The summed E-state index contributed by atoms with van der Waals surface area (Å²) in [4.78, 5) is 12.7. The quantitative estimate of drug-likeness (QED) is 0.907. The molecule has 0 spiro atoms. The third kappa shape index (κ3) is 3.60. The summed E-state index contributed by atoms with van der Waals surface area (Å²) in [5.74, 6) is -0.147. The van der Waals surface area contributed by atoms with Crippen molar-refractivity contribution in [1.82, 2.24) is 9.78 Å². The molecule has 2 aromatic rings. The van der Waals surface area contributed by atoms with Crippen molar-refractivity contribution in [2.45, 2.75) is 32.4 Å². The number of rotatable bonds is 4. The molecule has 1 saturated heterocycles. The third-order valence-corrected chi connectivity index (χ3v) is 4.05. The maximum Gasteiger partial charge on any atom is 0.273 e. The molecule has 0 saturated carbocycles. The van der Waals surface area contributed by atoms with Gasteiger partial charge in [0.1, 0.15) is 5.69 Å². The molecule has 2 heterocycles. The largest absolute Gasteiger partial charge is 0.381 e. The monoisotopic (exact) mass is 314 g/mol. The molecule has 1 amide bonds. The summed E-state index contributed by atoms with van der Waals surface area (Å²) in [6.45, 7) is 3.77. The zero-order chi connectivity index (χ0) is 16.2. The van der Waals surface area contributed by atoms with E-state index in [4.69, 9.17) is 10.5 Å². The smallest absolute Gasteiger partial charge is 0.273 e. The lowest BCUT2D eigenvalue weighted by Crippen LogP contribution is -2.25. The molecule has 0 aliphatic carbocycles. The van der Waals surface area contributed by atoms with Crippen LogP contribution in [0, 0.1) is 6.92 Å². The number of carbonyl (C=O) groups is 1. The van der Waals surface area contributed by atoms with E-state index in [1.54, 1.807) is 0 Å². The van der Waals surface area contributed by atoms with Gasteiger partial charge in [-0.1, -0.05) is 12.1 Å². The summed E-state index contributed by atoms with van der Waals surface area (Å²) in [6, 6.07) is 9.62. The molecule has 122 valence electrons. The molecule has 1 aliphatic rings. The Labute approximate surface area is 135 Å². The van der Waals surface area contributed by atoms with E-state index in [0.717, 1.165) is 29.8 Å². The zero-order valence-electron chi connectivity index (χ0n) is 13.3. The number of amides is 1. The SMILES string of the molecule is Cc1cc(C(=O)Nc2cccc(CN)c2)n(C2CCOCC2)n1. The molecular weight excluding hydrogens is 292 g/mol. The van der Waals surface area contributed by atoms with Crippen LogP contribution in [0.3, 0.4) is 0 Å². The van der Waals surface area contributed by atoms with Crippen molar-refractivity contribution in [2.24, 2.45) is 5.73 Å². The van der Waals surface area contributed by atoms with Crippen LogP contribution in [0.2, 0.25) is 0 Å². The van der Waals surface area contributed by atoms with Crippen LogP contribution in [-0.2, 0) is 11.3 Å². The number of nitrogens with zero attached hydrogens (tertiary/aromatic N) is 2. The van der Waals surface area contributed by atoms with Gasteiger partial charge in [0, 0.05) is 25.4 Å². The average molecular weight is 314 g/mol. The lowest BCUT2D eigenvalue weighted by Gasteiger charge is -2.24. The predicted octanol–water partition coefficient (Wildman–Crippen LogP) is 2.25. The van der Waals surface area contributed by atoms with Gasteiger partial charge in [-0.15, -0.1) is 0 Å². The highest BCUT2D eigenvalue weighted by molar-refractivity contribution is 6.03. The van der Waals surface area contributed by atoms with Crippen molar-refractivity contribution in [2.75, 3.05) is 18.5 Å². The number of carbonyl (C=O) groups excluding carboxylic acids is 1. The van der Waals surface area contributed by atoms with Crippen molar-refractivity contribution in [1.29, 1.82) is 0 Å². The van der Waals surface area contributed by atoms with E-state index in [0.29, 0.717) is 25.5 Å². The molecular formula is C17H22N4O2. The minimum absolute atomic E-state index is 0.147. The van der Waals surface area contributed by atoms with E-state index in [1.807, 2.05) is 41.9 Å². The van der Waals surface area contributed by atoms with Crippen molar-refractivity contribution in [3.8, 4) is 0 Å². The standard InChI is InChI=1S/C17H22N4O2/c1-12-9-16(21(20-12)15-5-7-23-8-6-15)17(22)19-14-4-2-3-13(10-14)11-18/h2-4,9-10,15H,5-8,11,18H2,1H3,(H,19,22). The van der Waals surface area contributed by atoms with Crippen LogP contribution in [0.15, 0.2) is 30.3 Å². The molecule has 6 nitrogen and oxygen atoms in total. The van der Waals surface area contributed by atoms with E-state index >= 15 is 0 Å². The second-order valence-corrected chi connectivity index (χ2v) is 5.82. The Morgan fingerprint density at radius 2 is 2.17 bits per heavy atom. The number of hydrogen-bond acceptors (Lipinski definition) is 4. The first-order valence-corrected chi connectivity index (χ1v) is 7.91. The van der Waals surface area contributed by atoms with Crippen molar-refractivity contribution in [3.05, 3.63) is 47.3 Å². The van der Waals surface area contributed by atoms with Gasteiger partial charge in [0.15, 0.2) is 0 Å². The first-order chi connectivity index (χ1) is 11.2. The van der Waals surface area contributed by atoms with E-state index < -0.39 is 0 Å². The fourth-order valence-corrected chi connectivity index (χ4v) is 2.87. The highest BCUT2D eigenvalue weighted by Crippen LogP contribution is 2.23. The van der Waals surface area contributed by atoms with Gasteiger partial charge in [-0.3, -0.25) is 9.48 Å². The van der Waals surface area contributed by atoms with Crippen LogP contribution in [0.25, 0.3) is 0 Å². The van der Waals surface area contributed by atoms with Gasteiger partial charge in [0.05, 0.1) is 11.7 Å². The maximum absolute atomic E-state index is 12.7. The molecule has 0 unspecified atom stereocenters. The Morgan fingerprint density at radius 1 is 1.39 bits per heavy atom. The number of aryl methyl sites for hydroxylation is 1. The van der Waals surface area contributed by atoms with Crippen LogP contribution in [0.1, 0.15) is 40.6 Å². The van der Waals surface area contributed by atoms with Crippen molar-refractivity contribution < 1.29 is 9.53 Å². The number of nitrogens with one attached hydrogen (secondary N) is 1. The Balaban J connectivity index is 1.81. The molecule has 3 rings (SSSR count). The van der Waals surface area contributed by atoms with Gasteiger partial charge < -0.3 is 15.8 Å². The van der Waals surface area contributed by atoms with Crippen LogP contribution < -0.4 is 11.1 Å². The Hall–Kier alpha value is -2.18. The summed E-state index contributed by atoms with van der Waals surface area (Å²) in [6.07, 6.45) is 1.76. The Kier molecular flexibility index (Phi) is 4.73. The highest BCUT2D eigenvalue weighted by Gasteiger charge is 2.23. The fraction of sp³-hybridized carbons (Fsp3) is 0.412. The molecule has 1 aromatic carbocycles. The van der Waals surface area contributed by atoms with E-state index in [2.05, 4.69) is 10.4 Å². The second-order valence-electron chi connectivity index (χ2n) is 5.82. The molecule has 0 bridgehead atoms. The zero-order valence-corrected chi connectivity index (χ0v) is 13.3. The number of benzene rings is 1. The average Bonchev–Trinajstić information content (AvgIpc) is 2.98. The lowest BCUT2D eigenvalue weighted by atomic mass is 10.1. The summed E-state index contributed by atoms with van der Waals surface area (Å²) in [5, 5.41) is 7.45. The first-order valence-electron chi connectivity index (χ1n) is 7.91. The Bertz CT molecular complexity index is 690. The van der Waals surface area contributed by atoms with Gasteiger partial charge in [-0.2, -0.15) is 5.10 Å². The lowest BCUT2D eigenvalue weighted by molar-refractivity contribution is 0.0646. The summed E-state index contributed by atoms with van der Waals surface area (Å²) < 4.78 is 7.24. The molecule has 1 aliphatic heterocycles. The summed E-state index contributed by atoms with van der Waals surface area (Å²) in [7, 11) is 0. The van der Waals surface area contributed by atoms with Gasteiger partial charge in [0.25, 0.3) is 5.91 Å². The summed E-state index contributed by atoms with van der Waals surface area (Å²) >= 11 is 0. The number of aromatic nitrogens is 2. The maximum atomic E-state index is 12.7. The molecule has 1 aromatic heterocycles. The Morgan fingerprint density at radius 3 is 2.91 bits per heavy atom. The highest BCUT2D eigenvalue weighted by atomic mass is 16.5. The molecule has 23 heavy (non-hydrogen) atoms. The topological polar surface area (TPSA) is 82.2 Å². The molecule has 6 heteroatoms. The number of ether oxygens (including phenoxy) is 1. The van der Waals surface area contributed by atoms with Crippen molar-refractivity contribution in [3.63, 3.8) is 0 Å². The van der Waals surface area contributed by atoms with Gasteiger partial charge in [-0.25, -0.2) is 0 Å². The molecule has 0 radical (unpaired) electrons. The molecule has 0 atom stereocenters. The summed E-state index contributed by atoms with van der Waals surface area (Å²) in [5.41, 5.74) is 8.81. The fourth-order valence-electron chi connectivity index (χ4n) is 2.87. The van der Waals surface area contributed by atoms with E-state index in [-0.39, 0.29) is 11.9 Å². The number of hydrogen-bond donors (Lipinski definition) is 2. The van der Waals surface area contributed by atoms with Gasteiger partial charge in [-0.05, 0) is 43.5 Å². The van der Waals surface area contributed by atoms with Crippen LogP contribution >= 0.6 is 0 Å². The van der Waals surface area contributed by atoms with Crippen LogP contribution in [0.5, 0.6) is 0 Å². The van der Waals surface area contributed by atoms with Crippen LogP contribution in [0.4, 0.5) is 5.69 Å². The predicted molar refractivity (Wildman–Crippen MR) is 88.3 cm³/mol. The van der Waals surface area contributed by atoms with E-state index in [1.165, 1.54) is 0 Å². The second kappa shape index (κ2) is 6.93. The van der Waals surface area contributed by atoms with E-state index in [9.17, 15) is 4.79 Å². The first kappa shape index (κ1) is 15.7. The normalized spacial score (nSPS) is 15.6. The van der Waals surface area contributed by atoms with Crippen LogP contribution in [-0.4, -0.2) is 28.9 Å². The molecule has 1 fully saturated rings.